The van der Waals surface area contributed by atoms with Crippen LogP contribution in [0.15, 0.2) is 18.2 Å². The molecule has 0 aromatic heterocycles. The smallest absolute Gasteiger partial charge is 0.241 e. The van der Waals surface area contributed by atoms with Gasteiger partial charge < -0.3 is 9.64 Å². The number of hydrogen-bond donors (Lipinski definition) is 0. The summed E-state index contributed by atoms with van der Waals surface area (Å²) in [5.74, 6) is -0.130. The Morgan fingerprint density at radius 1 is 1.33 bits per heavy atom. The van der Waals surface area contributed by atoms with Gasteiger partial charge in [0.15, 0.2) is 0 Å². The third-order valence-corrected chi connectivity index (χ3v) is 3.59. The van der Waals surface area contributed by atoms with Crippen LogP contribution in [0.25, 0.3) is 0 Å². The van der Waals surface area contributed by atoms with Gasteiger partial charge in [0.2, 0.25) is 5.91 Å². The van der Waals surface area contributed by atoms with Crippen LogP contribution in [0, 0.1) is 0 Å². The summed E-state index contributed by atoms with van der Waals surface area (Å²) in [7, 11) is 1.78. The molecule has 1 aromatic rings. The van der Waals surface area contributed by atoms with E-state index >= 15 is 0 Å². The van der Waals surface area contributed by atoms with Crippen LogP contribution in [0.3, 0.4) is 0 Å². The zero-order chi connectivity index (χ0) is 16.0. The van der Waals surface area contributed by atoms with Crippen molar-refractivity contribution >= 4 is 23.2 Å². The second-order valence-corrected chi connectivity index (χ2v) is 6.47. The standard InChI is InChI=1S/C17H26ClNO2/c1-6-10-21-12-13-8-7-9-14(17(2,3)4)16(13)19(5)15(20)11-18/h7-9H,6,10-12H2,1-5H3. The molecule has 0 N–H and O–H groups in total. The van der Waals surface area contributed by atoms with Crippen molar-refractivity contribution in [1.29, 1.82) is 0 Å². The van der Waals surface area contributed by atoms with Gasteiger partial charge in [-0.2, -0.15) is 0 Å². The van der Waals surface area contributed by atoms with Crippen LogP contribution in [-0.2, 0) is 21.6 Å². The molecule has 0 aliphatic heterocycles. The van der Waals surface area contributed by atoms with Crippen molar-refractivity contribution in [2.75, 3.05) is 24.4 Å². The van der Waals surface area contributed by atoms with Gasteiger partial charge in [0.05, 0.1) is 12.3 Å². The summed E-state index contributed by atoms with van der Waals surface area (Å²) < 4.78 is 5.67. The Hall–Kier alpha value is -1.06. The minimum absolute atomic E-state index is 0.0236. The van der Waals surface area contributed by atoms with Gasteiger partial charge in [0, 0.05) is 19.2 Å². The summed E-state index contributed by atoms with van der Waals surface area (Å²) in [4.78, 5) is 13.7. The van der Waals surface area contributed by atoms with Crippen LogP contribution in [0.4, 0.5) is 5.69 Å². The average Bonchev–Trinajstić information content (AvgIpc) is 2.44. The topological polar surface area (TPSA) is 29.5 Å². The van der Waals surface area contributed by atoms with Gasteiger partial charge in [-0.1, -0.05) is 45.9 Å². The van der Waals surface area contributed by atoms with E-state index in [4.69, 9.17) is 16.3 Å². The second kappa shape index (κ2) is 7.81. The molecule has 0 unspecified atom stereocenters. The van der Waals surface area contributed by atoms with Crippen LogP contribution < -0.4 is 4.90 Å². The first kappa shape index (κ1) is 18.0. The van der Waals surface area contributed by atoms with E-state index in [2.05, 4.69) is 33.8 Å². The highest BCUT2D eigenvalue weighted by Gasteiger charge is 2.24. The van der Waals surface area contributed by atoms with Crippen molar-refractivity contribution in [2.45, 2.75) is 46.1 Å². The molecule has 0 atom stereocenters. The molecule has 0 fully saturated rings. The fraction of sp³-hybridized carbons (Fsp3) is 0.588. The number of hydrogen-bond acceptors (Lipinski definition) is 2. The summed E-state index contributed by atoms with van der Waals surface area (Å²) in [6.45, 7) is 9.72. The predicted octanol–water partition coefficient (Wildman–Crippen LogP) is 4.11. The Balaban J connectivity index is 3.27. The fourth-order valence-corrected chi connectivity index (χ4v) is 2.43. The number of carbonyl (C=O) groups excluding carboxylic acids is 1. The highest BCUT2D eigenvalue weighted by atomic mass is 35.5. The number of rotatable bonds is 6. The molecule has 1 rings (SSSR count). The first-order chi connectivity index (χ1) is 9.82. The highest BCUT2D eigenvalue weighted by Crippen LogP contribution is 2.35. The molecule has 3 nitrogen and oxygen atoms in total. The predicted molar refractivity (Wildman–Crippen MR) is 89.2 cm³/mol. The van der Waals surface area contributed by atoms with Crippen LogP contribution in [0.2, 0.25) is 0 Å². The maximum Gasteiger partial charge on any atom is 0.241 e. The normalized spacial score (nSPS) is 11.5. The van der Waals surface area contributed by atoms with E-state index in [0.717, 1.165) is 23.2 Å². The molecular weight excluding hydrogens is 286 g/mol. The molecule has 0 aliphatic carbocycles. The molecule has 0 radical (unpaired) electrons. The van der Waals surface area contributed by atoms with Crippen LogP contribution >= 0.6 is 11.6 Å². The fourth-order valence-electron chi connectivity index (χ4n) is 2.25. The lowest BCUT2D eigenvalue weighted by atomic mass is 9.84. The van der Waals surface area contributed by atoms with E-state index in [0.29, 0.717) is 13.2 Å². The number of amides is 1. The molecule has 0 saturated heterocycles. The Morgan fingerprint density at radius 3 is 2.52 bits per heavy atom. The van der Waals surface area contributed by atoms with E-state index in [1.54, 1.807) is 11.9 Å². The molecule has 21 heavy (non-hydrogen) atoms. The van der Waals surface area contributed by atoms with Crippen molar-refractivity contribution in [2.24, 2.45) is 0 Å². The van der Waals surface area contributed by atoms with Gasteiger partial charge in [-0.05, 0) is 17.4 Å². The molecule has 1 amide bonds. The Bertz CT molecular complexity index is 480. The van der Waals surface area contributed by atoms with E-state index in [9.17, 15) is 4.79 Å². The van der Waals surface area contributed by atoms with Crippen LogP contribution in [-0.4, -0.2) is 25.4 Å². The summed E-state index contributed by atoms with van der Waals surface area (Å²) in [6, 6.07) is 6.10. The van der Waals surface area contributed by atoms with Gasteiger partial charge in [-0.15, -0.1) is 11.6 Å². The van der Waals surface area contributed by atoms with Crippen molar-refractivity contribution in [3.05, 3.63) is 29.3 Å². The molecule has 0 saturated carbocycles. The van der Waals surface area contributed by atoms with Crippen molar-refractivity contribution in [1.82, 2.24) is 0 Å². The number of halogens is 1. The quantitative estimate of drug-likeness (QED) is 0.584. The third kappa shape index (κ3) is 4.72. The molecule has 0 heterocycles. The number of anilines is 1. The lowest BCUT2D eigenvalue weighted by Crippen LogP contribution is -2.31. The molecular formula is C17H26ClNO2. The average molecular weight is 312 g/mol. The number of para-hydroxylation sites is 1. The zero-order valence-corrected chi connectivity index (χ0v) is 14.5. The molecule has 118 valence electrons. The molecule has 0 bridgehead atoms. The van der Waals surface area contributed by atoms with E-state index in [1.165, 1.54) is 0 Å². The first-order valence-electron chi connectivity index (χ1n) is 7.35. The number of carbonyl (C=O) groups is 1. The molecule has 0 spiro atoms. The third-order valence-electron chi connectivity index (χ3n) is 3.36. The largest absolute Gasteiger partial charge is 0.377 e. The summed E-state index contributed by atoms with van der Waals surface area (Å²) in [6.07, 6.45) is 0.977. The van der Waals surface area contributed by atoms with Gasteiger partial charge >= 0.3 is 0 Å². The maximum absolute atomic E-state index is 12.0. The lowest BCUT2D eigenvalue weighted by Gasteiger charge is -2.29. The second-order valence-electron chi connectivity index (χ2n) is 6.20. The number of alkyl halides is 1. The zero-order valence-electron chi connectivity index (χ0n) is 13.7. The van der Waals surface area contributed by atoms with Gasteiger partial charge in [-0.3, -0.25) is 4.79 Å². The summed E-state index contributed by atoms with van der Waals surface area (Å²) in [5.41, 5.74) is 3.02. The lowest BCUT2D eigenvalue weighted by molar-refractivity contribution is -0.116. The molecule has 4 heteroatoms. The molecule has 0 aliphatic rings. The van der Waals surface area contributed by atoms with Crippen molar-refractivity contribution in [3.8, 4) is 0 Å². The molecule has 1 aromatic carbocycles. The van der Waals surface area contributed by atoms with Crippen molar-refractivity contribution in [3.63, 3.8) is 0 Å². The van der Waals surface area contributed by atoms with Crippen molar-refractivity contribution < 1.29 is 9.53 Å². The van der Waals surface area contributed by atoms with Crippen LogP contribution in [0.1, 0.15) is 45.2 Å². The summed E-state index contributed by atoms with van der Waals surface area (Å²) in [5, 5.41) is 0. The minimum Gasteiger partial charge on any atom is -0.377 e. The van der Waals surface area contributed by atoms with Gasteiger partial charge in [-0.25, -0.2) is 0 Å². The van der Waals surface area contributed by atoms with E-state index in [-0.39, 0.29) is 17.2 Å². The van der Waals surface area contributed by atoms with Crippen LogP contribution in [0.5, 0.6) is 0 Å². The SMILES string of the molecule is CCCOCc1cccc(C(C)(C)C)c1N(C)C(=O)CCl. The monoisotopic (exact) mass is 311 g/mol. The first-order valence-corrected chi connectivity index (χ1v) is 7.89. The van der Waals surface area contributed by atoms with E-state index in [1.807, 2.05) is 12.1 Å². The Morgan fingerprint density at radius 2 is 2.00 bits per heavy atom. The maximum atomic E-state index is 12.0. The number of nitrogens with zero attached hydrogens (tertiary/aromatic N) is 1. The van der Waals surface area contributed by atoms with Gasteiger partial charge in [0.25, 0.3) is 0 Å². The Labute approximate surface area is 133 Å². The number of benzene rings is 1. The Kier molecular flexibility index (Phi) is 6.69. The van der Waals surface area contributed by atoms with E-state index < -0.39 is 0 Å². The highest BCUT2D eigenvalue weighted by molar-refractivity contribution is 6.29. The summed E-state index contributed by atoms with van der Waals surface area (Å²) >= 11 is 5.72. The van der Waals surface area contributed by atoms with Gasteiger partial charge in [0.1, 0.15) is 5.88 Å². The number of ether oxygens (including phenoxy) is 1. The minimum atomic E-state index is -0.106.